The lowest BCUT2D eigenvalue weighted by Gasteiger charge is -2.28. The topological polar surface area (TPSA) is 55.2 Å². The van der Waals surface area contributed by atoms with Crippen LogP contribution in [0.5, 0.6) is 0 Å². The van der Waals surface area contributed by atoms with E-state index >= 15 is 8.78 Å². The molecule has 1 aromatic heterocycles. The molecule has 0 fully saturated rings. The smallest absolute Gasteiger partial charge is 0.234 e. The molecule has 0 aliphatic heterocycles. The summed E-state index contributed by atoms with van der Waals surface area (Å²) in [6.45, 7) is 9.55. The molecule has 2 amide bonds. The second-order valence-electron chi connectivity index (χ2n) is 9.31. The van der Waals surface area contributed by atoms with Crippen LogP contribution in [0, 0.1) is 23.5 Å². The Hall–Kier alpha value is -3.79. The van der Waals surface area contributed by atoms with Crippen LogP contribution in [0.3, 0.4) is 0 Å². The summed E-state index contributed by atoms with van der Waals surface area (Å²) in [6, 6.07) is 11.1. The zero-order chi connectivity index (χ0) is 26.5. The molecule has 0 unspecified atom stereocenters. The van der Waals surface area contributed by atoms with E-state index < -0.39 is 34.6 Å². The van der Waals surface area contributed by atoms with Crippen LogP contribution >= 0.6 is 0 Å². The Labute approximate surface area is 211 Å². The Balaban J connectivity index is 1.93. The summed E-state index contributed by atoms with van der Waals surface area (Å²) in [7, 11) is 0. The molecule has 0 saturated heterocycles. The summed E-state index contributed by atoms with van der Waals surface area (Å²) < 4.78 is 32.0. The Morgan fingerprint density at radius 3 is 2.19 bits per heavy atom. The van der Waals surface area contributed by atoms with Crippen LogP contribution in [-0.4, -0.2) is 21.6 Å². The number of carbonyl (C=O) groups excluding carboxylic acids is 2. The number of anilines is 1. The van der Waals surface area contributed by atoms with Gasteiger partial charge in [-0.15, -0.1) is 0 Å². The molecule has 0 saturated carbocycles. The second-order valence-corrected chi connectivity index (χ2v) is 9.31. The Morgan fingerprint density at radius 2 is 1.64 bits per heavy atom. The number of imide groups is 1. The van der Waals surface area contributed by atoms with Crippen LogP contribution in [0.2, 0.25) is 0 Å². The molecule has 3 aromatic rings. The van der Waals surface area contributed by atoms with Crippen molar-refractivity contribution in [3.63, 3.8) is 0 Å². The summed E-state index contributed by atoms with van der Waals surface area (Å²) in [4.78, 5) is 26.4. The van der Waals surface area contributed by atoms with E-state index in [2.05, 4.69) is 16.9 Å². The highest BCUT2D eigenvalue weighted by Gasteiger charge is 2.34. The molecule has 3 rings (SSSR count). The van der Waals surface area contributed by atoms with Crippen LogP contribution in [0.4, 0.5) is 14.5 Å². The summed E-state index contributed by atoms with van der Waals surface area (Å²) >= 11 is 0. The maximum absolute atomic E-state index is 15.1. The fourth-order valence-electron chi connectivity index (χ4n) is 4.14. The first kappa shape index (κ1) is 26.8. The van der Waals surface area contributed by atoms with E-state index in [9.17, 15) is 9.59 Å². The predicted octanol–water partition coefficient (Wildman–Crippen LogP) is 5.78. The van der Waals surface area contributed by atoms with Gasteiger partial charge in [0.05, 0.1) is 5.69 Å². The van der Waals surface area contributed by atoms with Crippen molar-refractivity contribution in [2.45, 2.75) is 65.8 Å². The molecular formula is C29H31F2N3O2. The molecule has 0 N–H and O–H groups in total. The Kier molecular flexibility index (Phi) is 8.41. The van der Waals surface area contributed by atoms with Gasteiger partial charge in [-0.1, -0.05) is 57.2 Å². The van der Waals surface area contributed by atoms with Gasteiger partial charge in [0, 0.05) is 42.6 Å². The largest absolute Gasteiger partial charge is 0.274 e. The average molecular weight is 492 g/mol. The first-order valence-electron chi connectivity index (χ1n) is 12.0. The van der Waals surface area contributed by atoms with Crippen molar-refractivity contribution in [2.24, 2.45) is 0 Å². The molecule has 0 aliphatic rings. The monoisotopic (exact) mass is 491 g/mol. The number of halogens is 2. The van der Waals surface area contributed by atoms with Gasteiger partial charge < -0.3 is 0 Å². The van der Waals surface area contributed by atoms with E-state index in [1.54, 1.807) is 12.1 Å². The molecule has 0 spiro atoms. The molecule has 2 aromatic carbocycles. The van der Waals surface area contributed by atoms with Crippen LogP contribution in [0.25, 0.3) is 0 Å². The van der Waals surface area contributed by atoms with Crippen molar-refractivity contribution >= 4 is 17.5 Å². The minimum Gasteiger partial charge on any atom is -0.274 e. The van der Waals surface area contributed by atoms with Crippen LogP contribution in [-0.2, 0) is 28.0 Å². The van der Waals surface area contributed by atoms with E-state index in [1.165, 1.54) is 0 Å². The van der Waals surface area contributed by atoms with Crippen molar-refractivity contribution < 1.29 is 18.4 Å². The van der Waals surface area contributed by atoms with Crippen LogP contribution in [0.1, 0.15) is 69.8 Å². The molecule has 5 nitrogen and oxygen atoms in total. The van der Waals surface area contributed by atoms with E-state index in [-0.39, 0.29) is 12.0 Å². The highest BCUT2D eigenvalue weighted by atomic mass is 19.1. The molecule has 1 heterocycles. The highest BCUT2D eigenvalue weighted by molar-refractivity contribution is 6.14. The molecule has 0 aliphatic carbocycles. The van der Waals surface area contributed by atoms with Crippen molar-refractivity contribution in [3.05, 3.63) is 82.7 Å². The third-order valence-electron chi connectivity index (χ3n) is 5.90. The number of hydrogen-bond acceptors (Lipinski definition) is 3. The highest BCUT2D eigenvalue weighted by Crippen LogP contribution is 2.33. The van der Waals surface area contributed by atoms with Gasteiger partial charge >= 0.3 is 0 Å². The van der Waals surface area contributed by atoms with Gasteiger partial charge in [-0.25, -0.2) is 13.7 Å². The Bertz CT molecular complexity index is 1290. The SMILES string of the molecule is CCCc1nn(CC)cc1C(C)(C)CC(=O)N(C(C)=O)c1c(F)cc(C#Cc2ccccc2)cc1F. The average Bonchev–Trinajstić information content (AvgIpc) is 3.24. The number of nitrogens with zero attached hydrogens (tertiary/aromatic N) is 3. The maximum Gasteiger partial charge on any atom is 0.234 e. The summed E-state index contributed by atoms with van der Waals surface area (Å²) in [5, 5.41) is 4.60. The zero-order valence-corrected chi connectivity index (χ0v) is 21.4. The normalized spacial score (nSPS) is 11.1. The minimum absolute atomic E-state index is 0.102. The quantitative estimate of drug-likeness (QED) is 0.394. The molecule has 0 bridgehead atoms. The molecule has 188 valence electrons. The third kappa shape index (κ3) is 6.06. The maximum atomic E-state index is 15.1. The first-order chi connectivity index (χ1) is 17.1. The van der Waals surface area contributed by atoms with Gasteiger partial charge in [0.1, 0.15) is 5.69 Å². The van der Waals surface area contributed by atoms with E-state index in [4.69, 9.17) is 0 Å². The van der Waals surface area contributed by atoms with E-state index in [0.717, 1.165) is 43.2 Å². The fourth-order valence-corrected chi connectivity index (χ4v) is 4.14. The fraction of sp³-hybridized carbons (Fsp3) is 0.345. The lowest BCUT2D eigenvalue weighted by Crippen LogP contribution is -2.40. The molecule has 7 heteroatoms. The number of aromatic nitrogens is 2. The van der Waals surface area contributed by atoms with Gasteiger partial charge in [0.15, 0.2) is 11.6 Å². The third-order valence-corrected chi connectivity index (χ3v) is 5.90. The van der Waals surface area contributed by atoms with Gasteiger partial charge in [-0.2, -0.15) is 5.10 Å². The molecule has 36 heavy (non-hydrogen) atoms. The van der Waals surface area contributed by atoms with Gasteiger partial charge in [0.2, 0.25) is 11.8 Å². The number of carbonyl (C=O) groups is 2. The standard InChI is InChI=1S/C29H31F2N3O2/c1-6-11-26-23(19-33(7-2)32-26)29(4,5)18-27(36)34(20(3)35)28-24(30)16-22(17-25(28)31)15-14-21-12-9-8-10-13-21/h8-10,12-13,16-17,19H,6-7,11,18H2,1-5H3. The van der Waals surface area contributed by atoms with Crippen LogP contribution < -0.4 is 4.90 Å². The summed E-state index contributed by atoms with van der Waals surface area (Å²) in [5.74, 6) is 2.05. The number of hydrogen-bond donors (Lipinski definition) is 0. The first-order valence-corrected chi connectivity index (χ1v) is 12.0. The van der Waals surface area contributed by atoms with E-state index in [1.807, 2.05) is 56.8 Å². The molecular weight excluding hydrogens is 460 g/mol. The van der Waals surface area contributed by atoms with Crippen LogP contribution in [0.15, 0.2) is 48.7 Å². The van der Waals surface area contributed by atoms with Crippen molar-refractivity contribution in [3.8, 4) is 11.8 Å². The summed E-state index contributed by atoms with van der Waals surface area (Å²) in [6.07, 6.45) is 3.39. The number of amides is 2. The van der Waals surface area contributed by atoms with E-state index in [0.29, 0.717) is 17.0 Å². The molecule has 0 radical (unpaired) electrons. The minimum atomic E-state index is -1.03. The van der Waals surface area contributed by atoms with Crippen molar-refractivity contribution in [1.82, 2.24) is 9.78 Å². The number of rotatable bonds is 7. The van der Waals surface area contributed by atoms with Crippen molar-refractivity contribution in [2.75, 3.05) is 4.90 Å². The Morgan fingerprint density at radius 1 is 1.03 bits per heavy atom. The summed E-state index contributed by atoms with van der Waals surface area (Å²) in [5.41, 5.74) is 1.16. The lowest BCUT2D eigenvalue weighted by atomic mass is 9.80. The zero-order valence-electron chi connectivity index (χ0n) is 21.4. The molecule has 0 atom stereocenters. The van der Waals surface area contributed by atoms with Crippen molar-refractivity contribution in [1.29, 1.82) is 0 Å². The lowest BCUT2D eigenvalue weighted by molar-refractivity contribution is -0.126. The van der Waals surface area contributed by atoms with Gasteiger partial charge in [-0.3, -0.25) is 14.3 Å². The van der Waals surface area contributed by atoms with Gasteiger partial charge in [0.25, 0.3) is 0 Å². The predicted molar refractivity (Wildman–Crippen MR) is 136 cm³/mol. The second kappa shape index (κ2) is 11.3. The number of benzene rings is 2. The van der Waals surface area contributed by atoms with Gasteiger partial charge in [-0.05, 0) is 43.2 Å². The number of aryl methyl sites for hydroxylation is 2.